The molecular formula is C26H24N4O. The molecule has 0 radical (unpaired) electrons. The predicted octanol–water partition coefficient (Wildman–Crippen LogP) is 5.38. The van der Waals surface area contributed by atoms with Crippen LogP contribution in [0.4, 0.5) is 0 Å². The fraction of sp³-hybridized carbons (Fsp3) is 0.115. The van der Waals surface area contributed by atoms with Crippen molar-refractivity contribution in [2.45, 2.75) is 19.1 Å². The number of hydrogen-bond donors (Lipinski definition) is 3. The average Bonchev–Trinajstić information content (AvgIpc) is 3.47. The molecule has 154 valence electrons. The van der Waals surface area contributed by atoms with E-state index in [1.807, 2.05) is 60.9 Å². The molecule has 5 nitrogen and oxygen atoms in total. The summed E-state index contributed by atoms with van der Waals surface area (Å²) in [5.74, 6) is 1.62. The van der Waals surface area contributed by atoms with Crippen LogP contribution in [0, 0.1) is 0 Å². The standard InChI is InChI=1S/C26H24N4O/c27-23(26-29-16-25(30-26)19-9-5-2-6-10-19)13-20-15-28-24-12-11-21(14-22(20)24)31-17-18-7-3-1-4-8-18/h1-12,14-16,23,28H,13,17,27H2,(H,29,30). The van der Waals surface area contributed by atoms with E-state index in [0.717, 1.165) is 44.9 Å². The summed E-state index contributed by atoms with van der Waals surface area (Å²) in [6, 6.07) is 26.2. The maximum Gasteiger partial charge on any atom is 0.123 e. The molecule has 0 aliphatic carbocycles. The lowest BCUT2D eigenvalue weighted by Crippen LogP contribution is -2.14. The van der Waals surface area contributed by atoms with E-state index in [9.17, 15) is 0 Å². The Morgan fingerprint density at radius 3 is 2.52 bits per heavy atom. The smallest absolute Gasteiger partial charge is 0.123 e. The van der Waals surface area contributed by atoms with Gasteiger partial charge in [-0.3, -0.25) is 0 Å². The van der Waals surface area contributed by atoms with Gasteiger partial charge in [0.05, 0.1) is 17.9 Å². The zero-order valence-electron chi connectivity index (χ0n) is 17.1. The molecule has 0 saturated heterocycles. The number of imidazole rings is 1. The maximum absolute atomic E-state index is 6.50. The Hall–Kier alpha value is -3.83. The van der Waals surface area contributed by atoms with Crippen LogP contribution in [0.25, 0.3) is 22.2 Å². The minimum atomic E-state index is -0.231. The van der Waals surface area contributed by atoms with E-state index in [4.69, 9.17) is 10.5 Å². The molecule has 5 heteroatoms. The lowest BCUT2D eigenvalue weighted by atomic mass is 10.0. The molecule has 1 atom stereocenters. The molecule has 0 aliphatic heterocycles. The molecule has 1 unspecified atom stereocenters. The number of hydrogen-bond acceptors (Lipinski definition) is 3. The fourth-order valence-corrected chi connectivity index (χ4v) is 3.78. The van der Waals surface area contributed by atoms with Gasteiger partial charge < -0.3 is 20.4 Å². The number of ether oxygens (including phenoxy) is 1. The van der Waals surface area contributed by atoms with E-state index in [0.29, 0.717) is 13.0 Å². The summed E-state index contributed by atoms with van der Waals surface area (Å²) in [6.45, 7) is 0.542. The van der Waals surface area contributed by atoms with E-state index in [-0.39, 0.29) is 6.04 Å². The summed E-state index contributed by atoms with van der Waals surface area (Å²) >= 11 is 0. The Morgan fingerprint density at radius 2 is 1.71 bits per heavy atom. The highest BCUT2D eigenvalue weighted by Gasteiger charge is 2.15. The molecule has 4 N–H and O–H groups in total. The minimum Gasteiger partial charge on any atom is -0.489 e. The van der Waals surface area contributed by atoms with Crippen molar-refractivity contribution < 1.29 is 4.74 Å². The van der Waals surface area contributed by atoms with E-state index in [1.54, 1.807) is 0 Å². The van der Waals surface area contributed by atoms with Crippen molar-refractivity contribution in [2.24, 2.45) is 5.73 Å². The highest BCUT2D eigenvalue weighted by atomic mass is 16.5. The van der Waals surface area contributed by atoms with E-state index >= 15 is 0 Å². The highest BCUT2D eigenvalue weighted by molar-refractivity contribution is 5.84. The van der Waals surface area contributed by atoms with E-state index in [1.165, 1.54) is 0 Å². The van der Waals surface area contributed by atoms with Gasteiger partial charge in [-0.15, -0.1) is 0 Å². The molecular weight excluding hydrogens is 384 g/mol. The second-order valence-electron chi connectivity index (χ2n) is 7.65. The van der Waals surface area contributed by atoms with Gasteiger partial charge in [-0.25, -0.2) is 4.98 Å². The fourth-order valence-electron chi connectivity index (χ4n) is 3.78. The number of nitrogens with two attached hydrogens (primary N) is 1. The summed E-state index contributed by atoms with van der Waals surface area (Å²) in [6.07, 6.45) is 4.53. The number of nitrogens with zero attached hydrogens (tertiary/aromatic N) is 1. The van der Waals surface area contributed by atoms with E-state index in [2.05, 4.69) is 45.3 Å². The first-order chi connectivity index (χ1) is 15.3. The van der Waals surface area contributed by atoms with E-state index < -0.39 is 0 Å². The Kier molecular flexibility index (Phi) is 5.25. The van der Waals surface area contributed by atoms with Crippen molar-refractivity contribution in [3.05, 3.63) is 108 Å². The zero-order chi connectivity index (χ0) is 21.0. The number of rotatable bonds is 7. The van der Waals surface area contributed by atoms with Crippen LogP contribution in [0.2, 0.25) is 0 Å². The third-order valence-corrected chi connectivity index (χ3v) is 5.46. The molecule has 5 aromatic rings. The third-order valence-electron chi connectivity index (χ3n) is 5.46. The molecule has 31 heavy (non-hydrogen) atoms. The second-order valence-corrected chi connectivity index (χ2v) is 7.65. The van der Waals surface area contributed by atoms with Crippen LogP contribution in [-0.4, -0.2) is 15.0 Å². The number of benzene rings is 3. The molecule has 0 bridgehead atoms. The van der Waals surface area contributed by atoms with Crippen molar-refractivity contribution in [1.82, 2.24) is 15.0 Å². The van der Waals surface area contributed by atoms with Gasteiger partial charge in [-0.2, -0.15) is 0 Å². The molecule has 3 aromatic carbocycles. The van der Waals surface area contributed by atoms with Crippen molar-refractivity contribution in [2.75, 3.05) is 0 Å². The predicted molar refractivity (Wildman–Crippen MR) is 124 cm³/mol. The van der Waals surface area contributed by atoms with Crippen LogP contribution in [-0.2, 0) is 13.0 Å². The van der Waals surface area contributed by atoms with Gasteiger partial charge >= 0.3 is 0 Å². The van der Waals surface area contributed by atoms with Crippen molar-refractivity contribution in [1.29, 1.82) is 0 Å². The monoisotopic (exact) mass is 408 g/mol. The van der Waals surface area contributed by atoms with Crippen LogP contribution in [0.1, 0.15) is 23.0 Å². The summed E-state index contributed by atoms with van der Waals surface area (Å²) in [7, 11) is 0. The number of aromatic amines is 2. The summed E-state index contributed by atoms with van der Waals surface area (Å²) in [5.41, 5.74) is 11.9. The summed E-state index contributed by atoms with van der Waals surface area (Å²) < 4.78 is 6.00. The largest absolute Gasteiger partial charge is 0.489 e. The van der Waals surface area contributed by atoms with Crippen LogP contribution in [0.3, 0.4) is 0 Å². The van der Waals surface area contributed by atoms with Gasteiger partial charge in [0.2, 0.25) is 0 Å². The molecule has 0 amide bonds. The van der Waals surface area contributed by atoms with Gasteiger partial charge in [0.25, 0.3) is 0 Å². The highest BCUT2D eigenvalue weighted by Crippen LogP contribution is 2.27. The van der Waals surface area contributed by atoms with Crippen molar-refractivity contribution in [3.63, 3.8) is 0 Å². The van der Waals surface area contributed by atoms with Gasteiger partial charge in [0.15, 0.2) is 0 Å². The molecule has 2 heterocycles. The number of nitrogens with one attached hydrogen (secondary N) is 2. The summed E-state index contributed by atoms with van der Waals surface area (Å²) in [4.78, 5) is 11.2. The Balaban J connectivity index is 1.32. The first-order valence-corrected chi connectivity index (χ1v) is 10.4. The quantitative estimate of drug-likeness (QED) is 0.338. The first kappa shape index (κ1) is 19.2. The Bertz CT molecular complexity index is 1270. The Labute approximate surface area is 180 Å². The second kappa shape index (κ2) is 8.50. The Morgan fingerprint density at radius 1 is 0.935 bits per heavy atom. The first-order valence-electron chi connectivity index (χ1n) is 10.4. The lowest BCUT2D eigenvalue weighted by Gasteiger charge is -2.09. The lowest BCUT2D eigenvalue weighted by molar-refractivity contribution is 0.306. The number of fused-ring (bicyclic) bond motifs is 1. The number of H-pyrrole nitrogens is 2. The zero-order valence-corrected chi connectivity index (χ0v) is 17.1. The average molecular weight is 409 g/mol. The van der Waals surface area contributed by atoms with Gasteiger partial charge in [-0.05, 0) is 41.3 Å². The van der Waals surface area contributed by atoms with Crippen molar-refractivity contribution in [3.8, 4) is 17.0 Å². The molecule has 0 spiro atoms. The molecule has 0 aliphatic rings. The SMILES string of the molecule is NC(Cc1c[nH]c2ccc(OCc3ccccc3)cc12)c1ncc(-c2ccccc2)[nH]1. The van der Waals surface area contributed by atoms with Crippen LogP contribution >= 0.6 is 0 Å². The topological polar surface area (TPSA) is 79.7 Å². The normalized spacial score (nSPS) is 12.2. The summed E-state index contributed by atoms with van der Waals surface area (Å²) in [5, 5.41) is 1.12. The molecule has 2 aromatic heterocycles. The molecule has 0 fully saturated rings. The van der Waals surface area contributed by atoms with Crippen LogP contribution in [0.5, 0.6) is 5.75 Å². The van der Waals surface area contributed by atoms with Crippen molar-refractivity contribution >= 4 is 10.9 Å². The molecule has 0 saturated carbocycles. The molecule has 5 rings (SSSR count). The van der Waals surface area contributed by atoms with Gasteiger partial charge in [0.1, 0.15) is 18.2 Å². The van der Waals surface area contributed by atoms with Crippen LogP contribution < -0.4 is 10.5 Å². The minimum absolute atomic E-state index is 0.231. The van der Waals surface area contributed by atoms with Crippen LogP contribution in [0.15, 0.2) is 91.3 Å². The van der Waals surface area contributed by atoms with Gasteiger partial charge in [-0.1, -0.05) is 60.7 Å². The maximum atomic E-state index is 6.50. The number of aromatic nitrogens is 3. The van der Waals surface area contributed by atoms with Gasteiger partial charge in [0, 0.05) is 17.1 Å². The third kappa shape index (κ3) is 4.22.